The van der Waals surface area contributed by atoms with Gasteiger partial charge in [0.1, 0.15) is 5.75 Å². The molecule has 1 N–H and O–H groups in total. The van der Waals surface area contributed by atoms with E-state index >= 15 is 0 Å². The van der Waals surface area contributed by atoms with Crippen molar-refractivity contribution in [3.05, 3.63) is 65.0 Å². The van der Waals surface area contributed by atoms with Crippen LogP contribution >= 0.6 is 11.3 Å². The molecule has 1 heterocycles. The van der Waals surface area contributed by atoms with Gasteiger partial charge in [0, 0.05) is 22.8 Å². The summed E-state index contributed by atoms with van der Waals surface area (Å²) in [6, 6.07) is 17.0. The van der Waals surface area contributed by atoms with Gasteiger partial charge in [0.25, 0.3) is 0 Å². The zero-order valence-electron chi connectivity index (χ0n) is 12.3. The molecule has 0 saturated carbocycles. The van der Waals surface area contributed by atoms with E-state index in [2.05, 4.69) is 54.0 Å². The van der Waals surface area contributed by atoms with E-state index in [1.807, 2.05) is 12.1 Å². The molecule has 3 rings (SSSR count). The van der Waals surface area contributed by atoms with E-state index in [0.717, 1.165) is 12.3 Å². The minimum atomic E-state index is 0.250. The summed E-state index contributed by atoms with van der Waals surface area (Å²) in [6.07, 6.45) is 0. The molecule has 0 aliphatic carbocycles. The van der Waals surface area contributed by atoms with Gasteiger partial charge in [-0.2, -0.15) is 0 Å². The molecule has 3 heteroatoms. The number of ether oxygens (including phenoxy) is 1. The van der Waals surface area contributed by atoms with Crippen molar-refractivity contribution in [2.75, 3.05) is 7.11 Å². The van der Waals surface area contributed by atoms with Gasteiger partial charge in [-0.15, -0.1) is 11.3 Å². The van der Waals surface area contributed by atoms with Crippen LogP contribution in [0.5, 0.6) is 5.75 Å². The summed E-state index contributed by atoms with van der Waals surface area (Å²) in [6.45, 7) is 3.04. The maximum absolute atomic E-state index is 5.44. The zero-order valence-corrected chi connectivity index (χ0v) is 13.1. The highest BCUT2D eigenvalue weighted by Gasteiger charge is 2.11. The van der Waals surface area contributed by atoms with Crippen LogP contribution in [0.2, 0.25) is 0 Å². The lowest BCUT2D eigenvalue weighted by molar-refractivity contribution is 0.401. The predicted octanol–water partition coefficient (Wildman–Crippen LogP) is 4.76. The second-order valence-corrected chi connectivity index (χ2v) is 6.01. The van der Waals surface area contributed by atoms with E-state index in [1.54, 1.807) is 18.4 Å². The fourth-order valence-corrected chi connectivity index (χ4v) is 3.53. The number of hydrogen-bond donors (Lipinski definition) is 1. The minimum Gasteiger partial charge on any atom is -0.496 e. The lowest BCUT2D eigenvalue weighted by atomic mass is 10.1. The monoisotopic (exact) mass is 297 g/mol. The maximum atomic E-state index is 5.44. The van der Waals surface area contributed by atoms with E-state index in [0.29, 0.717) is 0 Å². The summed E-state index contributed by atoms with van der Waals surface area (Å²) in [4.78, 5) is 0. The van der Waals surface area contributed by atoms with Crippen LogP contribution in [0.4, 0.5) is 0 Å². The Morgan fingerprint density at radius 1 is 1.10 bits per heavy atom. The second kappa shape index (κ2) is 6.29. The van der Waals surface area contributed by atoms with Gasteiger partial charge in [0.2, 0.25) is 0 Å². The Kier molecular flexibility index (Phi) is 4.23. The summed E-state index contributed by atoms with van der Waals surface area (Å²) < 4.78 is 6.78. The molecule has 3 aromatic rings. The van der Waals surface area contributed by atoms with Gasteiger partial charge >= 0.3 is 0 Å². The first kappa shape index (κ1) is 14.1. The zero-order chi connectivity index (χ0) is 14.7. The second-order valence-electron chi connectivity index (χ2n) is 5.10. The van der Waals surface area contributed by atoms with E-state index in [1.165, 1.54) is 21.2 Å². The van der Waals surface area contributed by atoms with E-state index in [4.69, 9.17) is 4.74 Å². The Morgan fingerprint density at radius 2 is 1.86 bits per heavy atom. The van der Waals surface area contributed by atoms with Gasteiger partial charge in [-0.3, -0.25) is 0 Å². The molecule has 0 aliphatic heterocycles. The quantitative estimate of drug-likeness (QED) is 0.733. The van der Waals surface area contributed by atoms with Crippen molar-refractivity contribution in [2.45, 2.75) is 19.5 Å². The third kappa shape index (κ3) is 2.94. The molecule has 108 valence electrons. The maximum Gasteiger partial charge on any atom is 0.123 e. The van der Waals surface area contributed by atoms with E-state index < -0.39 is 0 Å². The number of thiophene rings is 1. The first-order valence-corrected chi connectivity index (χ1v) is 7.99. The van der Waals surface area contributed by atoms with Crippen LogP contribution in [0.25, 0.3) is 10.1 Å². The number of hydrogen-bond acceptors (Lipinski definition) is 3. The Morgan fingerprint density at radius 3 is 2.71 bits per heavy atom. The molecule has 0 bridgehead atoms. The fraction of sp³-hybridized carbons (Fsp3) is 0.222. The Balaban J connectivity index is 1.75. The first-order chi connectivity index (χ1) is 10.3. The number of fused-ring (bicyclic) bond motifs is 1. The first-order valence-electron chi connectivity index (χ1n) is 7.11. The van der Waals surface area contributed by atoms with Gasteiger partial charge in [-0.25, -0.2) is 0 Å². The minimum absolute atomic E-state index is 0.250. The SMILES string of the molecule is COc1ccccc1[C@@H](C)NCc1csc2ccccc12. The van der Waals surface area contributed by atoms with E-state index in [9.17, 15) is 0 Å². The molecular weight excluding hydrogens is 278 g/mol. The van der Waals surface area contributed by atoms with Crippen LogP contribution in [0.1, 0.15) is 24.1 Å². The van der Waals surface area contributed by atoms with E-state index in [-0.39, 0.29) is 6.04 Å². The van der Waals surface area contributed by atoms with Crippen molar-refractivity contribution < 1.29 is 4.74 Å². The average Bonchev–Trinajstić information content (AvgIpc) is 2.96. The molecule has 0 amide bonds. The molecule has 0 spiro atoms. The highest BCUT2D eigenvalue weighted by Crippen LogP contribution is 2.28. The molecule has 0 aliphatic rings. The Hall–Kier alpha value is -1.84. The van der Waals surface area contributed by atoms with Crippen LogP contribution < -0.4 is 10.1 Å². The molecule has 0 radical (unpaired) electrons. The molecule has 1 aromatic heterocycles. The van der Waals surface area contributed by atoms with Crippen molar-refractivity contribution in [2.24, 2.45) is 0 Å². The van der Waals surface area contributed by atoms with Crippen molar-refractivity contribution in [1.82, 2.24) is 5.32 Å². The molecular formula is C18H19NOS. The summed E-state index contributed by atoms with van der Waals surface area (Å²) in [5.74, 6) is 0.938. The Labute approximate surface area is 129 Å². The van der Waals surface area contributed by atoms with Crippen LogP contribution in [-0.2, 0) is 6.54 Å². The summed E-state index contributed by atoms with van der Waals surface area (Å²) >= 11 is 1.80. The smallest absolute Gasteiger partial charge is 0.123 e. The molecule has 2 aromatic carbocycles. The van der Waals surface area contributed by atoms with Crippen LogP contribution in [0.15, 0.2) is 53.9 Å². The lowest BCUT2D eigenvalue weighted by Gasteiger charge is -2.17. The number of methoxy groups -OCH3 is 1. The molecule has 2 nitrogen and oxygen atoms in total. The lowest BCUT2D eigenvalue weighted by Crippen LogP contribution is -2.18. The van der Waals surface area contributed by atoms with Gasteiger partial charge in [0.15, 0.2) is 0 Å². The van der Waals surface area contributed by atoms with Gasteiger partial charge < -0.3 is 10.1 Å². The highest BCUT2D eigenvalue weighted by molar-refractivity contribution is 7.17. The highest BCUT2D eigenvalue weighted by atomic mass is 32.1. The molecule has 0 fully saturated rings. The van der Waals surface area contributed by atoms with Crippen LogP contribution in [-0.4, -0.2) is 7.11 Å². The third-order valence-electron chi connectivity index (χ3n) is 3.77. The molecule has 1 atom stereocenters. The summed E-state index contributed by atoms with van der Waals surface area (Å²) in [7, 11) is 1.72. The number of benzene rings is 2. The van der Waals surface area contributed by atoms with Gasteiger partial charge in [-0.05, 0) is 35.4 Å². The van der Waals surface area contributed by atoms with Crippen molar-refractivity contribution in [3.63, 3.8) is 0 Å². The largest absolute Gasteiger partial charge is 0.496 e. The van der Waals surface area contributed by atoms with Crippen LogP contribution in [0.3, 0.4) is 0 Å². The Bertz CT molecular complexity index is 735. The predicted molar refractivity (Wildman–Crippen MR) is 90.1 cm³/mol. The van der Waals surface area contributed by atoms with Crippen molar-refractivity contribution in [3.8, 4) is 5.75 Å². The molecule has 0 unspecified atom stereocenters. The van der Waals surface area contributed by atoms with Gasteiger partial charge in [-0.1, -0.05) is 36.4 Å². The summed E-state index contributed by atoms with van der Waals surface area (Å²) in [5.41, 5.74) is 2.55. The number of para-hydroxylation sites is 1. The topological polar surface area (TPSA) is 21.3 Å². The average molecular weight is 297 g/mol. The van der Waals surface area contributed by atoms with Gasteiger partial charge in [0.05, 0.1) is 7.11 Å². The van der Waals surface area contributed by atoms with Crippen molar-refractivity contribution in [1.29, 1.82) is 0 Å². The molecule has 21 heavy (non-hydrogen) atoms. The standard InChI is InChI=1S/C18H19NOS/c1-13(15-7-3-5-9-17(15)20-2)19-11-14-12-21-18-10-6-4-8-16(14)18/h3-10,12-13,19H,11H2,1-2H3/t13-/m1/s1. The molecule has 0 saturated heterocycles. The van der Waals surface area contributed by atoms with Crippen molar-refractivity contribution >= 4 is 21.4 Å². The summed E-state index contributed by atoms with van der Waals surface area (Å²) in [5, 5.41) is 7.19. The normalized spacial score (nSPS) is 12.5. The number of nitrogens with one attached hydrogen (secondary N) is 1. The van der Waals surface area contributed by atoms with Crippen LogP contribution in [0, 0.1) is 0 Å². The fourth-order valence-electron chi connectivity index (χ4n) is 2.57. The third-order valence-corrected chi connectivity index (χ3v) is 4.78. The number of rotatable bonds is 5.